The van der Waals surface area contributed by atoms with Crippen molar-refractivity contribution in [2.24, 2.45) is 0 Å². The minimum atomic E-state index is -0.400. The molecule has 2 rings (SSSR count). The van der Waals surface area contributed by atoms with E-state index < -0.39 is 5.91 Å². The number of carbonyl (C=O) groups is 2. The minimum absolute atomic E-state index is 0.133. The summed E-state index contributed by atoms with van der Waals surface area (Å²) in [6.07, 6.45) is 2.90. The Hall–Kier alpha value is -2.99. The van der Waals surface area contributed by atoms with Crippen molar-refractivity contribution in [3.8, 4) is 11.5 Å². The summed E-state index contributed by atoms with van der Waals surface area (Å²) in [5.41, 5.74) is 1.34. The molecule has 0 atom stereocenters. The first-order chi connectivity index (χ1) is 13.0. The fourth-order valence-corrected chi connectivity index (χ4v) is 2.57. The van der Waals surface area contributed by atoms with Crippen LogP contribution in [0.25, 0.3) is 6.08 Å². The van der Waals surface area contributed by atoms with E-state index in [-0.39, 0.29) is 12.5 Å². The Balaban J connectivity index is 1.93. The van der Waals surface area contributed by atoms with E-state index in [2.05, 4.69) is 10.6 Å². The number of para-hydroxylation sites is 1. The zero-order valence-corrected chi connectivity index (χ0v) is 15.9. The van der Waals surface area contributed by atoms with E-state index in [1.807, 2.05) is 25.1 Å². The molecule has 0 aliphatic rings. The van der Waals surface area contributed by atoms with Crippen molar-refractivity contribution in [3.63, 3.8) is 0 Å². The smallest absolute Gasteiger partial charge is 0.244 e. The lowest BCUT2D eigenvalue weighted by Crippen LogP contribution is -2.31. The van der Waals surface area contributed by atoms with Crippen molar-refractivity contribution < 1.29 is 19.1 Å². The van der Waals surface area contributed by atoms with Crippen LogP contribution in [0, 0.1) is 0 Å². The van der Waals surface area contributed by atoms with Crippen molar-refractivity contribution >= 4 is 35.2 Å². The van der Waals surface area contributed by atoms with Gasteiger partial charge in [-0.1, -0.05) is 29.8 Å². The molecule has 0 unspecified atom stereocenters. The average Bonchev–Trinajstić information content (AvgIpc) is 2.66. The average molecular weight is 389 g/mol. The molecule has 0 aliphatic heterocycles. The van der Waals surface area contributed by atoms with Crippen molar-refractivity contribution in [3.05, 3.63) is 59.1 Å². The predicted molar refractivity (Wildman–Crippen MR) is 106 cm³/mol. The number of anilines is 1. The Kier molecular flexibility index (Phi) is 7.70. The lowest BCUT2D eigenvalue weighted by atomic mass is 10.2. The predicted octanol–water partition coefficient (Wildman–Crippen LogP) is 3.52. The number of halogens is 1. The molecule has 7 heteroatoms. The number of rotatable bonds is 8. The minimum Gasteiger partial charge on any atom is -0.491 e. The Bertz CT molecular complexity index is 822. The molecule has 0 bridgehead atoms. The summed E-state index contributed by atoms with van der Waals surface area (Å²) in [5.74, 6) is 0.227. The molecule has 2 aromatic carbocycles. The van der Waals surface area contributed by atoms with Gasteiger partial charge in [0.2, 0.25) is 11.8 Å². The zero-order valence-electron chi connectivity index (χ0n) is 15.1. The number of methoxy groups -OCH3 is 1. The van der Waals surface area contributed by atoms with E-state index in [9.17, 15) is 9.59 Å². The first-order valence-corrected chi connectivity index (χ1v) is 8.72. The highest BCUT2D eigenvalue weighted by Gasteiger charge is 2.10. The van der Waals surface area contributed by atoms with Gasteiger partial charge in [0.25, 0.3) is 0 Å². The molecule has 0 fully saturated rings. The van der Waals surface area contributed by atoms with Gasteiger partial charge in [0.1, 0.15) is 0 Å². The maximum Gasteiger partial charge on any atom is 0.244 e. The number of hydrogen-bond acceptors (Lipinski definition) is 4. The van der Waals surface area contributed by atoms with Gasteiger partial charge in [-0.2, -0.15) is 0 Å². The molecule has 0 saturated heterocycles. The largest absolute Gasteiger partial charge is 0.491 e. The standard InChI is InChI=1S/C20H21ClN2O4/c1-3-27-17-12-14(11-16(21)20(17)26-2)9-10-18(24)22-13-19(25)23-15-7-5-4-6-8-15/h4-12H,3,13H2,1-2H3,(H,22,24)(H,23,25)/b10-9+. The summed E-state index contributed by atoms with van der Waals surface area (Å²) in [6, 6.07) is 12.4. The summed E-state index contributed by atoms with van der Waals surface area (Å²) in [6.45, 7) is 2.17. The number of carbonyl (C=O) groups excluding carboxylic acids is 2. The van der Waals surface area contributed by atoms with Crippen molar-refractivity contribution in [2.75, 3.05) is 25.6 Å². The third kappa shape index (κ3) is 6.34. The zero-order chi connectivity index (χ0) is 19.6. The number of amides is 2. The van der Waals surface area contributed by atoms with Crippen LogP contribution >= 0.6 is 11.6 Å². The first-order valence-electron chi connectivity index (χ1n) is 8.34. The monoisotopic (exact) mass is 388 g/mol. The molecule has 2 amide bonds. The summed E-state index contributed by atoms with van der Waals surface area (Å²) in [7, 11) is 1.51. The Labute approximate surface area is 163 Å². The van der Waals surface area contributed by atoms with Gasteiger partial charge < -0.3 is 20.1 Å². The molecule has 0 saturated carbocycles. The highest BCUT2D eigenvalue weighted by Crippen LogP contribution is 2.36. The maximum absolute atomic E-state index is 11.9. The molecule has 2 aromatic rings. The van der Waals surface area contributed by atoms with Gasteiger partial charge in [0.05, 0.1) is 25.3 Å². The van der Waals surface area contributed by atoms with Gasteiger partial charge in [-0.3, -0.25) is 9.59 Å². The van der Waals surface area contributed by atoms with E-state index in [0.717, 1.165) is 0 Å². The van der Waals surface area contributed by atoms with Gasteiger partial charge in [-0.05, 0) is 42.8 Å². The van der Waals surface area contributed by atoms with Gasteiger partial charge in [-0.25, -0.2) is 0 Å². The van der Waals surface area contributed by atoms with Gasteiger partial charge in [0.15, 0.2) is 11.5 Å². The fourth-order valence-electron chi connectivity index (χ4n) is 2.27. The molecule has 0 radical (unpaired) electrons. The summed E-state index contributed by atoms with van der Waals surface area (Å²) in [4.78, 5) is 23.8. The highest BCUT2D eigenvalue weighted by molar-refractivity contribution is 6.32. The van der Waals surface area contributed by atoms with Crippen molar-refractivity contribution in [1.82, 2.24) is 5.32 Å². The van der Waals surface area contributed by atoms with Crippen LogP contribution in [0.5, 0.6) is 11.5 Å². The lowest BCUT2D eigenvalue weighted by Gasteiger charge is -2.11. The molecular formula is C20H21ClN2O4. The van der Waals surface area contributed by atoms with Crippen LogP contribution in [0.3, 0.4) is 0 Å². The van der Waals surface area contributed by atoms with E-state index in [1.54, 1.807) is 30.3 Å². The van der Waals surface area contributed by atoms with Crippen LogP contribution in [0.1, 0.15) is 12.5 Å². The number of benzene rings is 2. The SMILES string of the molecule is CCOc1cc(/C=C/C(=O)NCC(=O)Nc2ccccc2)cc(Cl)c1OC. The van der Waals surface area contributed by atoms with E-state index in [0.29, 0.717) is 34.4 Å². The van der Waals surface area contributed by atoms with Gasteiger partial charge >= 0.3 is 0 Å². The van der Waals surface area contributed by atoms with Crippen LogP contribution in [0.2, 0.25) is 5.02 Å². The normalized spacial score (nSPS) is 10.5. The first kappa shape index (κ1) is 20.3. The third-order valence-electron chi connectivity index (χ3n) is 3.44. The van der Waals surface area contributed by atoms with E-state index >= 15 is 0 Å². The summed E-state index contributed by atoms with van der Waals surface area (Å²) in [5, 5.41) is 5.59. The maximum atomic E-state index is 11.9. The molecule has 142 valence electrons. The number of hydrogen-bond donors (Lipinski definition) is 2. The second kappa shape index (κ2) is 10.2. The summed E-state index contributed by atoms with van der Waals surface area (Å²) >= 11 is 6.17. The van der Waals surface area contributed by atoms with Gasteiger partial charge in [-0.15, -0.1) is 0 Å². The topological polar surface area (TPSA) is 76.7 Å². The van der Waals surface area contributed by atoms with Crippen molar-refractivity contribution in [2.45, 2.75) is 6.92 Å². The van der Waals surface area contributed by atoms with Crippen molar-refractivity contribution in [1.29, 1.82) is 0 Å². The van der Waals surface area contributed by atoms with Crippen LogP contribution in [0.15, 0.2) is 48.5 Å². The van der Waals surface area contributed by atoms with E-state index in [4.69, 9.17) is 21.1 Å². The fraction of sp³-hybridized carbons (Fsp3) is 0.200. The highest BCUT2D eigenvalue weighted by atomic mass is 35.5. The Morgan fingerprint density at radius 3 is 2.59 bits per heavy atom. The van der Waals surface area contributed by atoms with Gasteiger partial charge in [0, 0.05) is 11.8 Å². The third-order valence-corrected chi connectivity index (χ3v) is 3.72. The van der Waals surface area contributed by atoms with E-state index in [1.165, 1.54) is 13.2 Å². The summed E-state index contributed by atoms with van der Waals surface area (Å²) < 4.78 is 10.7. The molecule has 2 N–H and O–H groups in total. The molecule has 27 heavy (non-hydrogen) atoms. The molecule has 0 aliphatic carbocycles. The molecule has 0 heterocycles. The second-order valence-electron chi connectivity index (χ2n) is 5.43. The van der Waals surface area contributed by atoms with Crippen LogP contribution in [-0.2, 0) is 9.59 Å². The number of nitrogens with one attached hydrogen (secondary N) is 2. The lowest BCUT2D eigenvalue weighted by molar-refractivity contribution is -0.121. The Morgan fingerprint density at radius 2 is 1.93 bits per heavy atom. The second-order valence-corrected chi connectivity index (χ2v) is 5.84. The molecular weight excluding hydrogens is 368 g/mol. The Morgan fingerprint density at radius 1 is 1.19 bits per heavy atom. The molecule has 0 aromatic heterocycles. The molecule has 6 nitrogen and oxygen atoms in total. The number of ether oxygens (including phenoxy) is 2. The van der Waals surface area contributed by atoms with Crippen LogP contribution in [-0.4, -0.2) is 32.1 Å². The van der Waals surface area contributed by atoms with Crippen LogP contribution < -0.4 is 20.1 Å². The molecule has 0 spiro atoms. The quantitative estimate of drug-likeness (QED) is 0.678. The van der Waals surface area contributed by atoms with Crippen LogP contribution in [0.4, 0.5) is 5.69 Å².